The van der Waals surface area contributed by atoms with E-state index in [0.29, 0.717) is 5.02 Å². The van der Waals surface area contributed by atoms with Crippen LogP contribution in [0.3, 0.4) is 0 Å². The molecule has 2 N–H and O–H groups in total. The van der Waals surface area contributed by atoms with Crippen LogP contribution in [0.2, 0.25) is 5.02 Å². The summed E-state index contributed by atoms with van der Waals surface area (Å²) >= 11 is 6.16. The Kier molecular flexibility index (Phi) is 6.21. The molecule has 0 aliphatic carbocycles. The minimum Gasteiger partial charge on any atom is -0.351 e. The van der Waals surface area contributed by atoms with Gasteiger partial charge in [-0.25, -0.2) is 0 Å². The first-order chi connectivity index (χ1) is 9.75. The van der Waals surface area contributed by atoms with Gasteiger partial charge in [0, 0.05) is 17.5 Å². The number of halogens is 1. The number of amides is 2. The van der Waals surface area contributed by atoms with Gasteiger partial charge in [0.1, 0.15) is 0 Å². The number of rotatable bonds is 6. The molecule has 5 heteroatoms. The van der Waals surface area contributed by atoms with E-state index in [2.05, 4.69) is 10.6 Å². The first-order valence-electron chi connectivity index (χ1n) is 7.07. The molecule has 1 aromatic carbocycles. The van der Waals surface area contributed by atoms with Crippen molar-refractivity contribution in [2.24, 2.45) is 0 Å². The molecule has 0 bridgehead atoms. The van der Waals surface area contributed by atoms with E-state index in [-0.39, 0.29) is 23.8 Å². The minimum atomic E-state index is -0.427. The van der Waals surface area contributed by atoms with E-state index in [9.17, 15) is 9.59 Å². The number of carbonyl (C=O) groups excluding carboxylic acids is 2. The zero-order valence-corrected chi connectivity index (χ0v) is 13.8. The number of benzene rings is 1. The zero-order chi connectivity index (χ0) is 16.0. The second-order valence-electron chi connectivity index (χ2n) is 5.76. The Balaban J connectivity index is 2.87. The summed E-state index contributed by atoms with van der Waals surface area (Å²) < 4.78 is 0. The molecular formula is C16H23ClN2O2. The topological polar surface area (TPSA) is 58.2 Å². The fraction of sp³-hybridized carbons (Fsp3) is 0.500. The lowest BCUT2D eigenvalue weighted by atomic mass is 9.99. The first kappa shape index (κ1) is 17.5. The molecule has 0 spiro atoms. The van der Waals surface area contributed by atoms with Gasteiger partial charge in [0.2, 0.25) is 11.8 Å². The largest absolute Gasteiger partial charge is 0.351 e. The molecule has 0 aliphatic rings. The van der Waals surface area contributed by atoms with Gasteiger partial charge in [0.05, 0.1) is 12.5 Å². The van der Waals surface area contributed by atoms with Crippen molar-refractivity contribution >= 4 is 23.4 Å². The number of nitrogens with one attached hydrogen (secondary N) is 2. The van der Waals surface area contributed by atoms with Crippen molar-refractivity contribution in [2.45, 2.75) is 52.1 Å². The van der Waals surface area contributed by atoms with Crippen LogP contribution in [0.4, 0.5) is 0 Å². The third-order valence-electron chi connectivity index (χ3n) is 3.41. The van der Waals surface area contributed by atoms with E-state index in [1.165, 1.54) is 6.92 Å². The maximum Gasteiger partial charge on any atom is 0.222 e. The monoisotopic (exact) mass is 310 g/mol. The van der Waals surface area contributed by atoms with Gasteiger partial charge in [0.15, 0.2) is 0 Å². The smallest absolute Gasteiger partial charge is 0.222 e. The maximum atomic E-state index is 12.2. The fourth-order valence-corrected chi connectivity index (χ4v) is 2.21. The molecule has 1 rings (SSSR count). The SMILES string of the molecule is CCC(C)(C)NC(=O)CC(NC(C)=O)c1ccccc1Cl. The zero-order valence-electron chi connectivity index (χ0n) is 13.0. The molecule has 0 aromatic heterocycles. The second-order valence-corrected chi connectivity index (χ2v) is 6.17. The molecule has 2 amide bonds. The van der Waals surface area contributed by atoms with E-state index >= 15 is 0 Å². The summed E-state index contributed by atoms with van der Waals surface area (Å²) in [6, 6.07) is 6.80. The van der Waals surface area contributed by atoms with Gasteiger partial charge in [-0.1, -0.05) is 36.7 Å². The normalized spacial score (nSPS) is 12.6. The lowest BCUT2D eigenvalue weighted by molar-refractivity contribution is -0.124. The van der Waals surface area contributed by atoms with Crippen LogP contribution < -0.4 is 10.6 Å². The van der Waals surface area contributed by atoms with Gasteiger partial charge in [-0.05, 0) is 31.9 Å². The van der Waals surface area contributed by atoms with Gasteiger partial charge in [-0.2, -0.15) is 0 Å². The highest BCUT2D eigenvalue weighted by Gasteiger charge is 2.23. The summed E-state index contributed by atoms with van der Waals surface area (Å²) in [5.41, 5.74) is 0.483. The molecule has 0 radical (unpaired) electrons. The number of hydrogen-bond donors (Lipinski definition) is 2. The predicted octanol–water partition coefficient (Wildman–Crippen LogP) is 3.21. The van der Waals surface area contributed by atoms with Crippen molar-refractivity contribution in [3.63, 3.8) is 0 Å². The predicted molar refractivity (Wildman–Crippen MR) is 85.1 cm³/mol. The van der Waals surface area contributed by atoms with Crippen molar-refractivity contribution in [2.75, 3.05) is 0 Å². The van der Waals surface area contributed by atoms with Gasteiger partial charge >= 0.3 is 0 Å². The van der Waals surface area contributed by atoms with Gasteiger partial charge in [0.25, 0.3) is 0 Å². The highest BCUT2D eigenvalue weighted by atomic mass is 35.5. The van der Waals surface area contributed by atoms with Crippen LogP contribution in [-0.2, 0) is 9.59 Å². The standard InChI is InChI=1S/C16H23ClN2O2/c1-5-16(3,4)19-15(21)10-14(18-11(2)20)12-8-6-7-9-13(12)17/h6-9,14H,5,10H2,1-4H3,(H,18,20)(H,19,21). The summed E-state index contributed by atoms with van der Waals surface area (Å²) in [6.07, 6.45) is 0.988. The lowest BCUT2D eigenvalue weighted by Gasteiger charge is -2.26. The van der Waals surface area contributed by atoms with E-state index in [4.69, 9.17) is 11.6 Å². The highest BCUT2D eigenvalue weighted by molar-refractivity contribution is 6.31. The summed E-state index contributed by atoms with van der Waals surface area (Å²) in [5.74, 6) is -0.303. The summed E-state index contributed by atoms with van der Waals surface area (Å²) in [4.78, 5) is 23.6. The van der Waals surface area contributed by atoms with Gasteiger partial charge < -0.3 is 10.6 Å². The Hall–Kier alpha value is -1.55. The van der Waals surface area contributed by atoms with Crippen LogP contribution >= 0.6 is 11.6 Å². The van der Waals surface area contributed by atoms with Crippen LogP contribution in [0.5, 0.6) is 0 Å². The molecule has 21 heavy (non-hydrogen) atoms. The van der Waals surface area contributed by atoms with E-state index in [1.807, 2.05) is 39.0 Å². The molecule has 0 heterocycles. The van der Waals surface area contributed by atoms with E-state index < -0.39 is 6.04 Å². The van der Waals surface area contributed by atoms with E-state index in [1.54, 1.807) is 6.07 Å². The number of hydrogen-bond acceptors (Lipinski definition) is 2. The maximum absolute atomic E-state index is 12.2. The third-order valence-corrected chi connectivity index (χ3v) is 3.75. The van der Waals surface area contributed by atoms with Crippen molar-refractivity contribution < 1.29 is 9.59 Å². The Morgan fingerprint density at radius 2 is 1.90 bits per heavy atom. The van der Waals surface area contributed by atoms with Crippen LogP contribution in [0.1, 0.15) is 52.1 Å². The van der Waals surface area contributed by atoms with Crippen molar-refractivity contribution in [3.05, 3.63) is 34.9 Å². The van der Waals surface area contributed by atoms with Crippen molar-refractivity contribution in [1.82, 2.24) is 10.6 Å². The Labute approximate surface area is 131 Å². The average molecular weight is 311 g/mol. The summed E-state index contributed by atoms with van der Waals surface area (Å²) in [7, 11) is 0. The van der Waals surface area contributed by atoms with Crippen LogP contribution in [0, 0.1) is 0 Å². The van der Waals surface area contributed by atoms with E-state index in [0.717, 1.165) is 12.0 Å². The molecule has 0 fully saturated rings. The van der Waals surface area contributed by atoms with Crippen LogP contribution in [0.15, 0.2) is 24.3 Å². The highest BCUT2D eigenvalue weighted by Crippen LogP contribution is 2.25. The van der Waals surface area contributed by atoms with Crippen molar-refractivity contribution in [3.8, 4) is 0 Å². The molecule has 1 unspecified atom stereocenters. The Morgan fingerprint density at radius 1 is 1.29 bits per heavy atom. The van der Waals surface area contributed by atoms with Gasteiger partial charge in [-0.15, -0.1) is 0 Å². The Morgan fingerprint density at radius 3 is 2.43 bits per heavy atom. The molecular weight excluding hydrogens is 288 g/mol. The molecule has 116 valence electrons. The average Bonchev–Trinajstić information content (AvgIpc) is 2.37. The molecule has 1 atom stereocenters. The molecule has 4 nitrogen and oxygen atoms in total. The minimum absolute atomic E-state index is 0.111. The summed E-state index contributed by atoms with van der Waals surface area (Å²) in [6.45, 7) is 7.37. The molecule has 0 saturated heterocycles. The van der Waals surface area contributed by atoms with Crippen molar-refractivity contribution in [1.29, 1.82) is 0 Å². The lowest BCUT2D eigenvalue weighted by Crippen LogP contribution is -2.44. The van der Waals surface area contributed by atoms with Crippen LogP contribution in [-0.4, -0.2) is 17.4 Å². The Bertz CT molecular complexity index is 515. The second kappa shape index (κ2) is 7.46. The number of carbonyl (C=O) groups is 2. The fourth-order valence-electron chi connectivity index (χ4n) is 1.94. The molecule has 1 aromatic rings. The van der Waals surface area contributed by atoms with Gasteiger partial charge in [-0.3, -0.25) is 9.59 Å². The quantitative estimate of drug-likeness (QED) is 0.847. The third kappa shape index (κ3) is 5.76. The van der Waals surface area contributed by atoms with Crippen LogP contribution in [0.25, 0.3) is 0 Å². The summed E-state index contributed by atoms with van der Waals surface area (Å²) in [5, 5.41) is 6.29. The first-order valence-corrected chi connectivity index (χ1v) is 7.45. The molecule has 0 saturated carbocycles. The molecule has 0 aliphatic heterocycles.